The quantitative estimate of drug-likeness (QED) is 0.212. The Morgan fingerprint density at radius 1 is 0.982 bits per heavy atom. The number of sulfonamides is 1. The van der Waals surface area contributed by atoms with Gasteiger partial charge in [0.1, 0.15) is 41.1 Å². The van der Waals surface area contributed by atoms with E-state index in [9.17, 15) is 27.6 Å². The van der Waals surface area contributed by atoms with Gasteiger partial charge >= 0.3 is 0 Å². The molecule has 4 amide bonds. The van der Waals surface area contributed by atoms with Gasteiger partial charge in [0.2, 0.25) is 33.7 Å². The van der Waals surface area contributed by atoms with Crippen LogP contribution in [-0.2, 0) is 48.6 Å². The van der Waals surface area contributed by atoms with Crippen LogP contribution in [0.1, 0.15) is 63.8 Å². The lowest BCUT2D eigenvalue weighted by molar-refractivity contribution is -0.140. The van der Waals surface area contributed by atoms with Crippen LogP contribution in [-0.4, -0.2) is 97.7 Å². The fourth-order valence-corrected chi connectivity index (χ4v) is 8.06. The minimum atomic E-state index is -4.27. The Balaban J connectivity index is 1.51. The zero-order chi connectivity index (χ0) is 40.6. The maximum Gasteiger partial charge on any atom is 0.245 e. The molecular weight excluding hydrogens is 739 g/mol. The van der Waals surface area contributed by atoms with Gasteiger partial charge in [0.15, 0.2) is 0 Å². The molecule has 3 aromatic rings. The normalized spacial score (nSPS) is 21.9. The van der Waals surface area contributed by atoms with Crippen molar-refractivity contribution < 1.29 is 37.1 Å². The van der Waals surface area contributed by atoms with Crippen LogP contribution < -0.4 is 30.1 Å². The zero-order valence-electron chi connectivity index (χ0n) is 33.0. The van der Waals surface area contributed by atoms with Crippen molar-refractivity contribution in [2.75, 3.05) is 26.8 Å². The SMILES string of the molecule is CCn1cc(S(=O)(=O)N[C@H]2Cc3ccc(cc3)OC[C@H](CC(C)C)NC(=O)CN(CC3CC3)C(=O)[C@@H](C)NC(=O)[C@H](Cc3ccc(OC)cc3)NC2=O)c(C)n1. The van der Waals surface area contributed by atoms with E-state index in [2.05, 4.69) is 25.8 Å². The first kappa shape index (κ1) is 42.2. The van der Waals surface area contributed by atoms with E-state index >= 15 is 0 Å². The van der Waals surface area contributed by atoms with Gasteiger partial charge < -0.3 is 30.3 Å². The molecule has 16 heteroatoms. The lowest BCUT2D eigenvalue weighted by Gasteiger charge is -2.29. The molecule has 1 aliphatic carbocycles. The average molecular weight is 794 g/mol. The van der Waals surface area contributed by atoms with Crippen molar-refractivity contribution in [2.45, 2.75) is 102 Å². The molecule has 0 saturated heterocycles. The number of hydrogen-bond acceptors (Lipinski definition) is 9. The third-order valence-electron chi connectivity index (χ3n) is 9.85. The van der Waals surface area contributed by atoms with E-state index in [4.69, 9.17) is 9.47 Å². The van der Waals surface area contributed by atoms with Crippen molar-refractivity contribution in [1.29, 1.82) is 0 Å². The van der Waals surface area contributed by atoms with Gasteiger partial charge in [-0.05, 0) is 93.7 Å². The van der Waals surface area contributed by atoms with E-state index in [1.807, 2.05) is 20.8 Å². The summed E-state index contributed by atoms with van der Waals surface area (Å²) in [7, 11) is -2.73. The number of aryl methyl sites for hydroxylation is 2. The Bertz CT molecular complexity index is 1950. The number of hydrogen-bond donors (Lipinski definition) is 4. The summed E-state index contributed by atoms with van der Waals surface area (Å²) in [6, 6.07) is 9.91. The monoisotopic (exact) mass is 793 g/mol. The second kappa shape index (κ2) is 18.8. The lowest BCUT2D eigenvalue weighted by Crippen LogP contribution is -2.58. The Hall–Kier alpha value is -4.96. The van der Waals surface area contributed by atoms with E-state index < -0.39 is 45.9 Å². The molecule has 15 nitrogen and oxygen atoms in total. The van der Waals surface area contributed by atoms with Gasteiger partial charge in [-0.1, -0.05) is 38.1 Å². The molecule has 4 atom stereocenters. The molecule has 304 valence electrons. The summed E-state index contributed by atoms with van der Waals surface area (Å²) in [5, 5.41) is 12.9. The molecule has 3 heterocycles. The number of rotatable bonds is 11. The number of aromatic nitrogens is 2. The van der Waals surface area contributed by atoms with E-state index in [-0.39, 0.29) is 60.4 Å². The Kier molecular flexibility index (Phi) is 14.2. The first-order valence-corrected chi connectivity index (χ1v) is 20.7. The molecule has 0 spiro atoms. The summed E-state index contributed by atoms with van der Waals surface area (Å²) >= 11 is 0. The van der Waals surface area contributed by atoms with Gasteiger partial charge in [-0.2, -0.15) is 9.82 Å². The van der Waals surface area contributed by atoms with Gasteiger partial charge in [0.25, 0.3) is 0 Å². The van der Waals surface area contributed by atoms with Crippen LogP contribution in [0.15, 0.2) is 59.6 Å². The number of carbonyl (C=O) groups is 4. The first-order valence-electron chi connectivity index (χ1n) is 19.2. The predicted octanol–water partition coefficient (Wildman–Crippen LogP) is 2.50. The Morgan fingerprint density at radius 2 is 1.68 bits per heavy atom. The third kappa shape index (κ3) is 11.8. The van der Waals surface area contributed by atoms with Crippen LogP contribution in [0.3, 0.4) is 0 Å². The Morgan fingerprint density at radius 3 is 2.29 bits per heavy atom. The van der Waals surface area contributed by atoms with Crippen molar-refractivity contribution in [3.63, 3.8) is 0 Å². The molecule has 1 fully saturated rings. The van der Waals surface area contributed by atoms with E-state index in [0.29, 0.717) is 42.1 Å². The minimum Gasteiger partial charge on any atom is -0.497 e. The minimum absolute atomic E-state index is 0.0157. The van der Waals surface area contributed by atoms with E-state index in [1.54, 1.807) is 62.4 Å². The number of methoxy groups -OCH3 is 1. The van der Waals surface area contributed by atoms with Gasteiger partial charge in [0, 0.05) is 25.7 Å². The highest BCUT2D eigenvalue weighted by Crippen LogP contribution is 2.30. The smallest absolute Gasteiger partial charge is 0.245 e. The van der Waals surface area contributed by atoms with Crippen molar-refractivity contribution in [1.82, 2.24) is 35.4 Å². The van der Waals surface area contributed by atoms with Crippen LogP contribution in [0.2, 0.25) is 0 Å². The highest BCUT2D eigenvalue weighted by Gasteiger charge is 2.35. The van der Waals surface area contributed by atoms with Gasteiger partial charge in [0.05, 0.1) is 25.4 Å². The number of amides is 4. The summed E-state index contributed by atoms with van der Waals surface area (Å²) in [4.78, 5) is 57.1. The maximum absolute atomic E-state index is 14.3. The fraction of sp³-hybridized carbons (Fsp3) is 0.525. The molecule has 1 aromatic heterocycles. The number of fused-ring (bicyclic) bond motifs is 17. The molecule has 2 aliphatic heterocycles. The highest BCUT2D eigenvalue weighted by molar-refractivity contribution is 7.89. The van der Waals surface area contributed by atoms with Crippen LogP contribution in [0.4, 0.5) is 0 Å². The summed E-state index contributed by atoms with van der Waals surface area (Å²) in [6.07, 6.45) is 3.87. The average Bonchev–Trinajstić information content (AvgIpc) is 3.89. The van der Waals surface area contributed by atoms with E-state index in [0.717, 1.165) is 12.8 Å². The summed E-state index contributed by atoms with van der Waals surface area (Å²) in [6.45, 7) is 9.85. The van der Waals surface area contributed by atoms with Gasteiger partial charge in [-0.15, -0.1) is 0 Å². The standard InChI is InChI=1S/C40H55N7O8S/c1-7-47-22-36(26(4)44-47)56(52,53)45-35-20-29-12-16-33(17-13-29)55-24-31(18-25(2)3)42-37(48)23-46(21-30-8-9-30)40(51)27(5)41-38(49)34(43-39(35)50)19-28-10-14-32(54-6)15-11-28/h10-17,22,25,27,30-31,34-35,45H,7-9,18-21,23-24H2,1-6H3,(H,41,49)(H,42,48)(H,43,50)/t27-,31+,34+,35+/m1/s1. The zero-order valence-corrected chi connectivity index (χ0v) is 33.9. The molecule has 6 rings (SSSR count). The topological polar surface area (TPSA) is 190 Å². The fourth-order valence-electron chi connectivity index (χ4n) is 6.68. The second-order valence-corrected chi connectivity index (χ2v) is 16.8. The second-order valence-electron chi connectivity index (χ2n) is 15.2. The largest absolute Gasteiger partial charge is 0.497 e. The maximum atomic E-state index is 14.3. The Labute approximate surface area is 329 Å². The molecule has 2 bridgehead atoms. The molecule has 56 heavy (non-hydrogen) atoms. The number of benzene rings is 2. The van der Waals surface area contributed by atoms with Crippen molar-refractivity contribution in [3.8, 4) is 11.5 Å². The van der Waals surface area contributed by atoms with Gasteiger partial charge in [-0.25, -0.2) is 8.42 Å². The molecule has 4 N–H and O–H groups in total. The van der Waals surface area contributed by atoms with Crippen LogP contribution >= 0.6 is 0 Å². The van der Waals surface area contributed by atoms with Crippen molar-refractivity contribution in [3.05, 3.63) is 71.5 Å². The predicted molar refractivity (Wildman–Crippen MR) is 209 cm³/mol. The highest BCUT2D eigenvalue weighted by atomic mass is 32.2. The number of nitrogens with one attached hydrogen (secondary N) is 4. The van der Waals surface area contributed by atoms with Crippen molar-refractivity contribution >= 4 is 33.7 Å². The summed E-state index contributed by atoms with van der Waals surface area (Å²) in [5.41, 5.74) is 1.57. The molecule has 3 aliphatic rings. The lowest BCUT2D eigenvalue weighted by atomic mass is 10.0. The molecule has 1 saturated carbocycles. The van der Waals surface area contributed by atoms with Crippen LogP contribution in [0, 0.1) is 18.8 Å². The summed E-state index contributed by atoms with van der Waals surface area (Å²) < 4.78 is 43.1. The molecular formula is C40H55N7O8S. The number of carbonyl (C=O) groups excluding carboxylic acids is 4. The molecule has 0 unspecified atom stereocenters. The number of ether oxygens (including phenoxy) is 2. The van der Waals surface area contributed by atoms with Crippen LogP contribution in [0.25, 0.3) is 0 Å². The molecule has 2 aromatic carbocycles. The first-order chi connectivity index (χ1) is 26.6. The third-order valence-corrected chi connectivity index (χ3v) is 11.4. The summed E-state index contributed by atoms with van der Waals surface area (Å²) in [5.74, 6) is -0.539. The van der Waals surface area contributed by atoms with Crippen molar-refractivity contribution in [2.24, 2.45) is 11.8 Å². The van der Waals surface area contributed by atoms with E-state index in [1.165, 1.54) is 22.9 Å². The van der Waals surface area contributed by atoms with Crippen LogP contribution in [0.5, 0.6) is 11.5 Å². The molecule has 0 radical (unpaired) electrons. The van der Waals surface area contributed by atoms with Gasteiger partial charge in [-0.3, -0.25) is 23.9 Å². The number of nitrogens with zero attached hydrogens (tertiary/aromatic N) is 3.